The number of aliphatic imine (C=N–C) groups is 1. The van der Waals surface area contributed by atoms with Crippen molar-refractivity contribution < 1.29 is 5.11 Å². The van der Waals surface area contributed by atoms with Gasteiger partial charge in [-0.05, 0) is 75.3 Å². The summed E-state index contributed by atoms with van der Waals surface area (Å²) < 4.78 is 0. The Morgan fingerprint density at radius 3 is 2.30 bits per heavy atom. The van der Waals surface area contributed by atoms with Gasteiger partial charge in [-0.2, -0.15) is 0 Å². The van der Waals surface area contributed by atoms with E-state index in [0.717, 1.165) is 23.3 Å². The molecule has 0 atom stereocenters. The number of rotatable bonds is 2. The van der Waals surface area contributed by atoms with Crippen molar-refractivity contribution in [3.05, 3.63) is 29.3 Å². The second kappa shape index (κ2) is 4.34. The molecule has 1 N–H and O–H groups in total. The van der Waals surface area contributed by atoms with Gasteiger partial charge in [0.15, 0.2) is 0 Å². The number of aromatic hydroxyl groups is 1. The van der Waals surface area contributed by atoms with Crippen LogP contribution >= 0.6 is 0 Å². The van der Waals surface area contributed by atoms with Crippen molar-refractivity contribution in [1.82, 2.24) is 0 Å². The van der Waals surface area contributed by atoms with E-state index in [4.69, 9.17) is 4.99 Å². The van der Waals surface area contributed by atoms with E-state index in [1.54, 1.807) is 6.07 Å². The summed E-state index contributed by atoms with van der Waals surface area (Å²) in [5.41, 5.74) is 2.25. The fraction of sp³-hybridized carbons (Fsp3) is 0.611. The molecule has 4 bridgehead atoms. The molecule has 0 spiro atoms. The van der Waals surface area contributed by atoms with Crippen LogP contribution in [0.15, 0.2) is 23.2 Å². The SMILES string of the molecule is Cc1ccc(O)c(C=NC23CC4CC(CC(C4)C2)C3)c1. The minimum atomic E-state index is 0.199. The predicted molar refractivity (Wildman–Crippen MR) is 81.3 cm³/mol. The number of phenolic OH excluding ortho intramolecular Hbond substituents is 1. The van der Waals surface area contributed by atoms with E-state index in [1.807, 2.05) is 18.3 Å². The Hall–Kier alpha value is -1.31. The highest BCUT2D eigenvalue weighted by atomic mass is 16.3. The van der Waals surface area contributed by atoms with Gasteiger partial charge >= 0.3 is 0 Å². The molecule has 0 aliphatic heterocycles. The third kappa shape index (κ3) is 2.06. The summed E-state index contributed by atoms with van der Waals surface area (Å²) in [5, 5.41) is 9.96. The van der Waals surface area contributed by atoms with Crippen molar-refractivity contribution in [3.8, 4) is 5.75 Å². The molecular formula is C18H23NO. The highest BCUT2D eigenvalue weighted by molar-refractivity contribution is 5.84. The molecule has 0 saturated heterocycles. The Bertz CT molecular complexity index is 525. The van der Waals surface area contributed by atoms with Gasteiger partial charge in [0.2, 0.25) is 0 Å². The standard InChI is InChI=1S/C18H23NO/c1-12-2-3-17(20)16(4-12)11-19-18-8-13-5-14(9-18)7-15(6-13)10-18/h2-4,11,13-15,20H,5-10H2,1H3. The van der Waals surface area contributed by atoms with Gasteiger partial charge in [-0.15, -0.1) is 0 Å². The van der Waals surface area contributed by atoms with Crippen molar-refractivity contribution in [3.63, 3.8) is 0 Å². The summed E-state index contributed by atoms with van der Waals surface area (Å²) in [4.78, 5) is 5.00. The Morgan fingerprint density at radius 2 is 1.70 bits per heavy atom. The molecule has 4 aliphatic rings. The van der Waals surface area contributed by atoms with Crippen LogP contribution in [0.2, 0.25) is 0 Å². The van der Waals surface area contributed by atoms with Crippen LogP contribution in [0.25, 0.3) is 0 Å². The van der Waals surface area contributed by atoms with Gasteiger partial charge < -0.3 is 5.11 Å². The lowest BCUT2D eigenvalue weighted by atomic mass is 9.53. The summed E-state index contributed by atoms with van der Waals surface area (Å²) in [6.07, 6.45) is 10.1. The first-order valence-electron chi connectivity index (χ1n) is 7.97. The van der Waals surface area contributed by atoms with Gasteiger partial charge in [0.05, 0.1) is 5.54 Å². The number of benzene rings is 1. The maximum absolute atomic E-state index is 9.96. The fourth-order valence-corrected chi connectivity index (χ4v) is 5.21. The van der Waals surface area contributed by atoms with Crippen LogP contribution in [0.4, 0.5) is 0 Å². The summed E-state index contributed by atoms with van der Waals surface area (Å²) >= 11 is 0. The zero-order chi connectivity index (χ0) is 13.7. The molecule has 2 nitrogen and oxygen atoms in total. The zero-order valence-corrected chi connectivity index (χ0v) is 12.2. The third-order valence-electron chi connectivity index (χ3n) is 5.67. The quantitative estimate of drug-likeness (QED) is 0.806. The minimum absolute atomic E-state index is 0.199. The molecule has 4 saturated carbocycles. The maximum atomic E-state index is 9.96. The van der Waals surface area contributed by atoms with E-state index in [1.165, 1.54) is 44.1 Å². The Morgan fingerprint density at radius 1 is 1.10 bits per heavy atom. The maximum Gasteiger partial charge on any atom is 0.124 e. The first-order chi connectivity index (χ1) is 9.62. The Kier molecular flexibility index (Phi) is 2.70. The number of aryl methyl sites for hydroxylation is 1. The average Bonchev–Trinajstić information content (AvgIpc) is 2.38. The molecule has 0 aromatic heterocycles. The minimum Gasteiger partial charge on any atom is -0.507 e. The Labute approximate surface area is 120 Å². The number of hydrogen-bond acceptors (Lipinski definition) is 2. The van der Waals surface area contributed by atoms with Crippen molar-refractivity contribution in [1.29, 1.82) is 0 Å². The molecule has 0 unspecified atom stereocenters. The van der Waals surface area contributed by atoms with E-state index in [0.29, 0.717) is 5.75 Å². The van der Waals surface area contributed by atoms with E-state index in [-0.39, 0.29) is 5.54 Å². The number of hydrogen-bond donors (Lipinski definition) is 1. The van der Waals surface area contributed by atoms with Crippen LogP contribution in [-0.4, -0.2) is 16.9 Å². The third-order valence-corrected chi connectivity index (χ3v) is 5.67. The molecule has 4 fully saturated rings. The van der Waals surface area contributed by atoms with E-state index in [2.05, 4.69) is 6.92 Å². The zero-order valence-electron chi connectivity index (χ0n) is 12.2. The lowest BCUT2D eigenvalue weighted by Gasteiger charge is -2.54. The molecule has 2 heteroatoms. The Balaban J connectivity index is 1.62. The van der Waals surface area contributed by atoms with Crippen LogP contribution in [0.3, 0.4) is 0 Å². The van der Waals surface area contributed by atoms with Crippen molar-refractivity contribution >= 4 is 6.21 Å². The molecule has 106 valence electrons. The normalized spacial score (nSPS) is 38.8. The number of nitrogens with zero attached hydrogens (tertiary/aromatic N) is 1. The highest BCUT2D eigenvalue weighted by Crippen LogP contribution is 2.57. The fourth-order valence-electron chi connectivity index (χ4n) is 5.21. The lowest BCUT2D eigenvalue weighted by molar-refractivity contribution is 0.00194. The second-order valence-electron chi connectivity index (χ2n) is 7.46. The van der Waals surface area contributed by atoms with Crippen LogP contribution in [-0.2, 0) is 0 Å². The van der Waals surface area contributed by atoms with Gasteiger partial charge in [0.1, 0.15) is 5.75 Å². The molecule has 1 aromatic carbocycles. The van der Waals surface area contributed by atoms with Crippen LogP contribution in [0.1, 0.15) is 49.7 Å². The molecule has 1 aromatic rings. The van der Waals surface area contributed by atoms with Crippen LogP contribution in [0.5, 0.6) is 5.75 Å². The molecule has 0 amide bonds. The molecular weight excluding hydrogens is 246 g/mol. The molecule has 5 rings (SSSR count). The van der Waals surface area contributed by atoms with Crippen molar-refractivity contribution in [2.24, 2.45) is 22.7 Å². The molecule has 0 heterocycles. The van der Waals surface area contributed by atoms with E-state index < -0.39 is 0 Å². The summed E-state index contributed by atoms with van der Waals surface area (Å²) in [6.45, 7) is 2.06. The first-order valence-corrected chi connectivity index (χ1v) is 7.97. The average molecular weight is 269 g/mol. The number of phenols is 1. The monoisotopic (exact) mass is 269 g/mol. The van der Waals surface area contributed by atoms with Gasteiger partial charge in [-0.25, -0.2) is 0 Å². The van der Waals surface area contributed by atoms with Crippen LogP contribution in [0, 0.1) is 24.7 Å². The predicted octanol–water partition coefficient (Wildman–Crippen LogP) is 4.09. The molecule has 20 heavy (non-hydrogen) atoms. The summed E-state index contributed by atoms with van der Waals surface area (Å²) in [7, 11) is 0. The lowest BCUT2D eigenvalue weighted by Crippen LogP contribution is -2.49. The molecule has 0 radical (unpaired) electrons. The largest absolute Gasteiger partial charge is 0.507 e. The summed E-state index contributed by atoms with van der Waals surface area (Å²) in [6, 6.07) is 5.74. The van der Waals surface area contributed by atoms with Gasteiger partial charge in [-0.3, -0.25) is 4.99 Å². The highest BCUT2D eigenvalue weighted by Gasteiger charge is 2.50. The summed E-state index contributed by atoms with van der Waals surface area (Å²) in [5.74, 6) is 3.11. The van der Waals surface area contributed by atoms with Crippen molar-refractivity contribution in [2.45, 2.75) is 51.0 Å². The van der Waals surface area contributed by atoms with Gasteiger partial charge in [-0.1, -0.05) is 11.6 Å². The first kappa shape index (κ1) is 12.4. The van der Waals surface area contributed by atoms with Crippen molar-refractivity contribution in [2.75, 3.05) is 0 Å². The second-order valence-corrected chi connectivity index (χ2v) is 7.46. The molecule has 4 aliphatic carbocycles. The van der Waals surface area contributed by atoms with E-state index in [9.17, 15) is 5.11 Å². The topological polar surface area (TPSA) is 32.6 Å². The van der Waals surface area contributed by atoms with Gasteiger partial charge in [0, 0.05) is 11.8 Å². The van der Waals surface area contributed by atoms with Crippen LogP contribution < -0.4 is 0 Å². The smallest absolute Gasteiger partial charge is 0.124 e. The van der Waals surface area contributed by atoms with E-state index >= 15 is 0 Å². The van der Waals surface area contributed by atoms with Gasteiger partial charge in [0.25, 0.3) is 0 Å².